The summed E-state index contributed by atoms with van der Waals surface area (Å²) in [6, 6.07) is 11.4. The first-order chi connectivity index (χ1) is 11.0. The van der Waals surface area contributed by atoms with Gasteiger partial charge in [0, 0.05) is 23.2 Å². The Hall–Kier alpha value is -1.50. The highest BCUT2D eigenvalue weighted by atomic mass is 35.5. The monoisotopic (exact) mass is 366 g/mol. The van der Waals surface area contributed by atoms with E-state index < -0.39 is 5.25 Å². The maximum absolute atomic E-state index is 12.4. The molecule has 1 aliphatic heterocycles. The van der Waals surface area contributed by atoms with Crippen molar-refractivity contribution in [1.82, 2.24) is 4.90 Å². The molecule has 0 fully saturated rings. The fraction of sp³-hybridized carbons (Fsp3) is 0.250. The molecule has 0 radical (unpaired) electrons. The number of nitrogens with zero attached hydrogens (tertiary/aromatic N) is 1. The Balaban J connectivity index is 1.62. The topological polar surface area (TPSA) is 49.4 Å². The molecule has 0 aliphatic carbocycles. The van der Waals surface area contributed by atoms with Gasteiger partial charge in [0.1, 0.15) is 0 Å². The molecule has 0 saturated heterocycles. The molecule has 120 valence electrons. The fourth-order valence-electron chi connectivity index (χ4n) is 2.30. The Bertz CT molecular complexity index is 747. The summed E-state index contributed by atoms with van der Waals surface area (Å²) in [5.74, 6) is -0.170. The number of amides is 2. The Labute approximate surface area is 147 Å². The van der Waals surface area contributed by atoms with Gasteiger partial charge < -0.3 is 10.2 Å². The van der Waals surface area contributed by atoms with Gasteiger partial charge in [0.05, 0.1) is 21.8 Å². The molecule has 4 nitrogen and oxygen atoms in total. The number of benzene rings is 1. The van der Waals surface area contributed by atoms with Gasteiger partial charge in [0.15, 0.2) is 0 Å². The Morgan fingerprint density at radius 2 is 2.09 bits per heavy atom. The van der Waals surface area contributed by atoms with Crippen LogP contribution in [0.3, 0.4) is 0 Å². The normalized spacial score (nSPS) is 16.6. The van der Waals surface area contributed by atoms with Crippen LogP contribution in [0.4, 0.5) is 5.69 Å². The van der Waals surface area contributed by atoms with Gasteiger partial charge in [0.25, 0.3) is 0 Å². The summed E-state index contributed by atoms with van der Waals surface area (Å²) in [5, 5.41) is 2.46. The molecule has 2 amide bonds. The van der Waals surface area contributed by atoms with Crippen LogP contribution in [0.5, 0.6) is 0 Å². The van der Waals surface area contributed by atoms with Crippen molar-refractivity contribution < 1.29 is 9.59 Å². The van der Waals surface area contributed by atoms with Crippen molar-refractivity contribution in [2.24, 2.45) is 0 Å². The predicted octanol–water partition coefficient (Wildman–Crippen LogP) is 3.86. The van der Waals surface area contributed by atoms with E-state index in [-0.39, 0.29) is 18.2 Å². The third-order valence-corrected chi connectivity index (χ3v) is 6.01. The minimum atomic E-state index is -0.397. The summed E-state index contributed by atoms with van der Waals surface area (Å²) in [7, 11) is 1.75. The molecule has 1 aromatic carbocycles. The molecule has 1 aliphatic rings. The third kappa shape index (κ3) is 3.88. The van der Waals surface area contributed by atoms with Crippen LogP contribution in [0.25, 0.3) is 0 Å². The van der Waals surface area contributed by atoms with E-state index in [9.17, 15) is 9.59 Å². The summed E-state index contributed by atoms with van der Waals surface area (Å²) in [6.45, 7) is 0.506. The number of thiophene rings is 1. The van der Waals surface area contributed by atoms with Crippen molar-refractivity contribution in [3.8, 4) is 0 Å². The zero-order chi connectivity index (χ0) is 16.4. The largest absolute Gasteiger partial charge is 0.341 e. The molecular formula is C16H15ClN2O2S2. The Morgan fingerprint density at radius 3 is 2.83 bits per heavy atom. The van der Waals surface area contributed by atoms with E-state index in [2.05, 4.69) is 5.32 Å². The van der Waals surface area contributed by atoms with Crippen molar-refractivity contribution in [2.75, 3.05) is 12.4 Å². The second kappa shape index (κ2) is 6.95. The van der Waals surface area contributed by atoms with Crippen LogP contribution in [-0.4, -0.2) is 29.0 Å². The second-order valence-corrected chi connectivity index (χ2v) is 8.30. The quantitative estimate of drug-likeness (QED) is 0.893. The van der Waals surface area contributed by atoms with Crippen LogP contribution in [0.2, 0.25) is 4.34 Å². The maximum atomic E-state index is 12.4. The van der Waals surface area contributed by atoms with Crippen LogP contribution in [0.1, 0.15) is 11.3 Å². The lowest BCUT2D eigenvalue weighted by Gasteiger charge is -2.25. The lowest BCUT2D eigenvalue weighted by Crippen LogP contribution is -2.35. The molecule has 23 heavy (non-hydrogen) atoms. The maximum Gasteiger partial charge on any atom is 0.238 e. The molecule has 1 aromatic heterocycles. The SMILES string of the molecule is CN(Cc1ccc(Cl)s1)C(=O)C[C@H]1Sc2ccccc2NC1=O. The summed E-state index contributed by atoms with van der Waals surface area (Å²) in [4.78, 5) is 28.2. The molecule has 2 aromatic rings. The first kappa shape index (κ1) is 16.4. The molecule has 1 atom stereocenters. The highest BCUT2D eigenvalue weighted by Gasteiger charge is 2.29. The van der Waals surface area contributed by atoms with Gasteiger partial charge >= 0.3 is 0 Å². The number of anilines is 1. The average Bonchev–Trinajstić information content (AvgIpc) is 2.93. The van der Waals surface area contributed by atoms with Crippen LogP contribution in [-0.2, 0) is 16.1 Å². The Kier molecular flexibility index (Phi) is 4.94. The number of para-hydroxylation sites is 1. The molecule has 0 bridgehead atoms. The number of nitrogens with one attached hydrogen (secondary N) is 1. The molecule has 0 unspecified atom stereocenters. The number of rotatable bonds is 4. The predicted molar refractivity (Wildman–Crippen MR) is 95.1 cm³/mol. The molecule has 0 spiro atoms. The minimum absolute atomic E-state index is 0.0541. The number of carbonyl (C=O) groups excluding carboxylic acids is 2. The second-order valence-electron chi connectivity index (χ2n) is 5.25. The minimum Gasteiger partial charge on any atom is -0.341 e. The van der Waals surface area contributed by atoms with Crippen molar-refractivity contribution in [3.63, 3.8) is 0 Å². The molecular weight excluding hydrogens is 352 g/mol. The summed E-state index contributed by atoms with van der Waals surface area (Å²) in [5.41, 5.74) is 0.813. The van der Waals surface area contributed by atoms with Gasteiger partial charge in [-0.15, -0.1) is 23.1 Å². The van der Waals surface area contributed by atoms with Gasteiger partial charge in [-0.25, -0.2) is 0 Å². The van der Waals surface area contributed by atoms with E-state index in [1.807, 2.05) is 36.4 Å². The third-order valence-electron chi connectivity index (χ3n) is 3.51. The fourth-order valence-corrected chi connectivity index (χ4v) is 4.54. The van der Waals surface area contributed by atoms with Gasteiger partial charge in [-0.1, -0.05) is 23.7 Å². The summed E-state index contributed by atoms with van der Waals surface area (Å²) in [6.07, 6.45) is 0.181. The van der Waals surface area contributed by atoms with Crippen molar-refractivity contribution in [3.05, 3.63) is 45.6 Å². The van der Waals surface area contributed by atoms with Gasteiger partial charge in [-0.2, -0.15) is 0 Å². The van der Waals surface area contributed by atoms with Gasteiger partial charge in [0.2, 0.25) is 11.8 Å². The number of hydrogen-bond acceptors (Lipinski definition) is 4. The van der Waals surface area contributed by atoms with E-state index in [4.69, 9.17) is 11.6 Å². The number of carbonyl (C=O) groups is 2. The van der Waals surface area contributed by atoms with Crippen molar-refractivity contribution in [2.45, 2.75) is 23.1 Å². The van der Waals surface area contributed by atoms with Crippen LogP contribution in [0, 0.1) is 0 Å². The first-order valence-corrected chi connectivity index (χ1v) is 9.15. The summed E-state index contributed by atoms with van der Waals surface area (Å²) >= 11 is 8.81. The molecule has 2 heterocycles. The number of thioether (sulfide) groups is 1. The zero-order valence-corrected chi connectivity index (χ0v) is 14.8. The zero-order valence-electron chi connectivity index (χ0n) is 12.4. The van der Waals surface area contributed by atoms with E-state index in [0.717, 1.165) is 15.5 Å². The van der Waals surface area contributed by atoms with Crippen LogP contribution in [0.15, 0.2) is 41.3 Å². The molecule has 3 rings (SSSR count). The van der Waals surface area contributed by atoms with Crippen molar-refractivity contribution >= 4 is 52.2 Å². The lowest BCUT2D eigenvalue weighted by molar-refractivity contribution is -0.131. The summed E-state index contributed by atoms with van der Waals surface area (Å²) < 4.78 is 0.708. The standard InChI is InChI=1S/C16H15ClN2O2S2/c1-19(9-10-6-7-14(17)22-10)15(20)8-13-16(21)18-11-4-2-3-5-12(11)23-13/h2-7,13H,8-9H2,1H3,(H,18,21)/t13-/m1/s1. The number of hydrogen-bond donors (Lipinski definition) is 1. The van der Waals surface area contributed by atoms with Gasteiger partial charge in [-0.05, 0) is 24.3 Å². The number of halogens is 1. The van der Waals surface area contributed by atoms with E-state index in [1.165, 1.54) is 23.1 Å². The van der Waals surface area contributed by atoms with Crippen LogP contribution >= 0.6 is 34.7 Å². The first-order valence-electron chi connectivity index (χ1n) is 7.07. The molecule has 0 saturated carbocycles. The average molecular weight is 367 g/mol. The van der Waals surface area contributed by atoms with Crippen molar-refractivity contribution in [1.29, 1.82) is 0 Å². The molecule has 1 N–H and O–H groups in total. The van der Waals surface area contributed by atoms with Gasteiger partial charge in [-0.3, -0.25) is 9.59 Å². The lowest BCUT2D eigenvalue weighted by atomic mass is 10.2. The molecule has 7 heteroatoms. The van der Waals surface area contributed by atoms with E-state index in [0.29, 0.717) is 10.9 Å². The highest BCUT2D eigenvalue weighted by molar-refractivity contribution is 8.01. The van der Waals surface area contributed by atoms with Crippen LogP contribution < -0.4 is 5.32 Å². The number of fused-ring (bicyclic) bond motifs is 1. The van der Waals surface area contributed by atoms with E-state index >= 15 is 0 Å². The Morgan fingerprint density at radius 1 is 1.30 bits per heavy atom. The van der Waals surface area contributed by atoms with E-state index in [1.54, 1.807) is 11.9 Å². The highest BCUT2D eigenvalue weighted by Crippen LogP contribution is 2.36. The smallest absolute Gasteiger partial charge is 0.238 e.